The largest absolute Gasteiger partial charge is 0.338 e. The van der Waals surface area contributed by atoms with E-state index in [4.69, 9.17) is 20.2 Å². The lowest BCUT2D eigenvalue weighted by atomic mass is 9.97. The molecule has 4 aromatic carbocycles. The van der Waals surface area contributed by atoms with Gasteiger partial charge in [0.05, 0.1) is 51.4 Å². The molecular formula is C50H52N10O12S6. The fourth-order valence-electron chi connectivity index (χ4n) is 8.85. The SMILES string of the molecule is CCCCc1nn(-c2nc3ccc(S(=O)(=O)O)cc3s2)c(N=Nc2c(C)cc(N(c3nc4ccc(S(=O)(=O)O)cc4s3)c3c(CC(C)C)ccc(S(=O)(=O)O)c3C)nc2Nc2c(CC(C)C)ccc(S(=O)(=O)O)c2C)c1C#N. The Morgan fingerprint density at radius 1 is 0.705 bits per heavy atom. The van der Waals surface area contributed by atoms with E-state index in [1.165, 1.54) is 67.1 Å². The van der Waals surface area contributed by atoms with Crippen molar-refractivity contribution in [3.63, 3.8) is 0 Å². The van der Waals surface area contributed by atoms with Crippen molar-refractivity contribution in [2.24, 2.45) is 22.1 Å². The zero-order valence-corrected chi connectivity index (χ0v) is 48.0. The van der Waals surface area contributed by atoms with Crippen molar-refractivity contribution in [3.05, 3.63) is 106 Å². The molecule has 410 valence electrons. The van der Waals surface area contributed by atoms with Gasteiger partial charge in [-0.15, -0.1) is 10.2 Å². The Morgan fingerprint density at radius 3 is 1.83 bits per heavy atom. The number of pyridine rings is 1. The first-order valence-electron chi connectivity index (χ1n) is 24.0. The topological polar surface area (TPSA) is 338 Å². The summed E-state index contributed by atoms with van der Waals surface area (Å²) in [6, 6.07) is 17.1. The van der Waals surface area contributed by atoms with Crippen molar-refractivity contribution < 1.29 is 51.9 Å². The van der Waals surface area contributed by atoms with E-state index in [-0.39, 0.29) is 83.7 Å². The van der Waals surface area contributed by atoms with Gasteiger partial charge in [-0.05, 0) is 141 Å². The summed E-state index contributed by atoms with van der Waals surface area (Å²) >= 11 is 1.98. The lowest BCUT2D eigenvalue weighted by Gasteiger charge is -2.28. The van der Waals surface area contributed by atoms with E-state index in [2.05, 4.69) is 21.5 Å². The molecule has 0 aliphatic carbocycles. The minimum atomic E-state index is -4.86. The molecule has 0 aliphatic rings. The van der Waals surface area contributed by atoms with Crippen molar-refractivity contribution in [1.82, 2.24) is 24.7 Å². The minimum absolute atomic E-state index is 0.0174. The van der Waals surface area contributed by atoms with Crippen LogP contribution in [-0.2, 0) is 59.7 Å². The normalized spacial score (nSPS) is 12.7. The molecule has 0 spiro atoms. The monoisotopic (exact) mass is 1180 g/mol. The van der Waals surface area contributed by atoms with Gasteiger partial charge in [0, 0.05) is 5.69 Å². The second-order valence-corrected chi connectivity index (χ2v) is 26.8. The summed E-state index contributed by atoms with van der Waals surface area (Å²) in [6.07, 6.45) is 2.49. The van der Waals surface area contributed by atoms with Crippen molar-refractivity contribution in [2.75, 3.05) is 10.2 Å². The molecule has 0 unspecified atom stereocenters. The molecule has 0 aliphatic heterocycles. The number of hydrogen-bond donors (Lipinski definition) is 5. The number of fused-ring (bicyclic) bond motifs is 2. The van der Waals surface area contributed by atoms with Crippen LogP contribution in [0.15, 0.2) is 96.5 Å². The average Bonchev–Trinajstić information content (AvgIpc) is 4.18. The molecule has 8 aromatic rings. The number of thiazole rings is 2. The van der Waals surface area contributed by atoms with Gasteiger partial charge < -0.3 is 5.32 Å². The van der Waals surface area contributed by atoms with Crippen LogP contribution in [-0.4, -0.2) is 76.6 Å². The third-order valence-electron chi connectivity index (χ3n) is 12.4. The molecule has 78 heavy (non-hydrogen) atoms. The molecule has 8 rings (SSSR count). The number of aromatic nitrogens is 5. The molecule has 0 saturated carbocycles. The van der Waals surface area contributed by atoms with Gasteiger partial charge in [-0.3, -0.25) is 23.1 Å². The summed E-state index contributed by atoms with van der Waals surface area (Å²) in [5.74, 6) is -0.123. The maximum absolute atomic E-state index is 13.1. The Balaban J connectivity index is 1.45. The standard InChI is InChI=1S/C50H52N10O12S6/c1-9-10-11-36-35(25-51)48(60(58-36)50-53-38-17-15-34(76(64,65)66)24-40(38)74-50)57-56-44-28(6)22-43(54-47(44)55-45-29(7)41(77(67,68)69)18-12-31(45)20-26(2)3)59(49-52-37-16-14-33(75(61,62)63)23-39(37)73-49)46-30(8)42(78(70,71)72)19-13-32(46)21-27(4)5/h12-19,22-24,26-27H,9-11,20-21H2,1-8H3,(H,54,55)(H,61,62,63)(H,64,65,66)(H,67,68,69)(H,70,71,72). The number of benzene rings is 4. The van der Waals surface area contributed by atoms with E-state index in [0.717, 1.165) is 29.1 Å². The quantitative estimate of drug-likeness (QED) is 0.0371. The minimum Gasteiger partial charge on any atom is -0.338 e. The number of nitrogens with zero attached hydrogens (tertiary/aromatic N) is 9. The summed E-state index contributed by atoms with van der Waals surface area (Å²) < 4.78 is 144. The van der Waals surface area contributed by atoms with Crippen LogP contribution in [0.3, 0.4) is 0 Å². The fraction of sp³-hybridized carbons (Fsp3) is 0.300. The van der Waals surface area contributed by atoms with Crippen molar-refractivity contribution in [2.45, 2.75) is 107 Å². The third kappa shape index (κ3) is 12.0. The van der Waals surface area contributed by atoms with Crippen LogP contribution < -0.4 is 10.2 Å². The molecule has 0 amide bonds. The second-order valence-electron chi connectivity index (χ2n) is 19.2. The second kappa shape index (κ2) is 21.9. The van der Waals surface area contributed by atoms with Gasteiger partial charge in [-0.25, -0.2) is 15.0 Å². The number of nitrogens with one attached hydrogen (secondary N) is 1. The zero-order chi connectivity index (χ0) is 57.0. The zero-order valence-electron chi connectivity index (χ0n) is 43.1. The summed E-state index contributed by atoms with van der Waals surface area (Å²) in [7, 11) is -18.9. The van der Waals surface area contributed by atoms with E-state index < -0.39 is 55.2 Å². The Labute approximate surface area is 458 Å². The first-order chi connectivity index (χ1) is 36.5. The molecule has 4 aromatic heterocycles. The van der Waals surface area contributed by atoms with E-state index in [1.54, 1.807) is 30.0 Å². The maximum Gasteiger partial charge on any atom is 0.294 e. The Morgan fingerprint density at radius 2 is 1.27 bits per heavy atom. The highest BCUT2D eigenvalue weighted by Crippen LogP contribution is 2.47. The Kier molecular flexibility index (Phi) is 16.1. The maximum atomic E-state index is 13.1. The number of nitriles is 1. The number of aryl methyl sites for hydroxylation is 2. The molecule has 0 fully saturated rings. The molecule has 0 atom stereocenters. The van der Waals surface area contributed by atoms with Gasteiger partial charge in [0.2, 0.25) is 5.13 Å². The van der Waals surface area contributed by atoms with Crippen LogP contribution in [0.5, 0.6) is 0 Å². The predicted octanol–water partition coefficient (Wildman–Crippen LogP) is 11.6. The highest BCUT2D eigenvalue weighted by Gasteiger charge is 2.31. The van der Waals surface area contributed by atoms with Crippen LogP contribution >= 0.6 is 22.7 Å². The third-order valence-corrected chi connectivity index (χ3v) is 18.1. The van der Waals surface area contributed by atoms with Crippen LogP contribution in [0.25, 0.3) is 25.6 Å². The predicted molar refractivity (Wildman–Crippen MR) is 297 cm³/mol. The molecule has 0 bridgehead atoms. The van der Waals surface area contributed by atoms with E-state index >= 15 is 0 Å². The van der Waals surface area contributed by atoms with E-state index in [1.807, 2.05) is 34.6 Å². The lowest BCUT2D eigenvalue weighted by molar-refractivity contribution is 0.480. The molecular weight excluding hydrogens is 1130 g/mol. The molecule has 28 heteroatoms. The highest BCUT2D eigenvalue weighted by atomic mass is 32.2. The average molecular weight is 1180 g/mol. The number of azo groups is 1. The highest BCUT2D eigenvalue weighted by molar-refractivity contribution is 7.86. The van der Waals surface area contributed by atoms with Gasteiger partial charge in [-0.2, -0.15) is 48.7 Å². The van der Waals surface area contributed by atoms with Crippen LogP contribution in [0.4, 0.5) is 39.6 Å². The van der Waals surface area contributed by atoms with E-state index in [0.29, 0.717) is 63.0 Å². The lowest BCUT2D eigenvalue weighted by Crippen LogP contribution is -2.18. The van der Waals surface area contributed by atoms with Gasteiger partial charge in [-0.1, -0.05) is 75.8 Å². The number of rotatable bonds is 19. The fourth-order valence-corrected chi connectivity index (χ4v) is 13.4. The van der Waals surface area contributed by atoms with Gasteiger partial charge in [0.1, 0.15) is 23.1 Å². The van der Waals surface area contributed by atoms with Crippen molar-refractivity contribution in [1.29, 1.82) is 5.26 Å². The van der Waals surface area contributed by atoms with Crippen LogP contribution in [0.1, 0.15) is 86.5 Å². The van der Waals surface area contributed by atoms with Gasteiger partial charge >= 0.3 is 0 Å². The van der Waals surface area contributed by atoms with Gasteiger partial charge in [0.25, 0.3) is 40.5 Å². The first kappa shape index (κ1) is 57.5. The first-order valence-corrected chi connectivity index (χ1v) is 31.4. The molecule has 5 N–H and O–H groups in total. The number of anilines is 5. The number of hydrogen-bond acceptors (Lipinski definition) is 19. The van der Waals surface area contributed by atoms with E-state index in [9.17, 15) is 57.1 Å². The molecule has 22 nitrogen and oxygen atoms in total. The van der Waals surface area contributed by atoms with Crippen molar-refractivity contribution in [3.8, 4) is 11.2 Å². The van der Waals surface area contributed by atoms with Gasteiger partial charge in [0.15, 0.2) is 16.8 Å². The van der Waals surface area contributed by atoms with Crippen LogP contribution in [0.2, 0.25) is 0 Å². The number of unbranched alkanes of at least 4 members (excludes halogenated alkanes) is 1. The van der Waals surface area contributed by atoms with Crippen molar-refractivity contribution >= 4 is 123 Å². The molecule has 4 heterocycles. The summed E-state index contributed by atoms with van der Waals surface area (Å²) in [5, 5.41) is 28.5. The molecule has 0 saturated heterocycles. The van der Waals surface area contributed by atoms with Crippen LogP contribution in [0, 0.1) is 43.9 Å². The summed E-state index contributed by atoms with van der Waals surface area (Å²) in [5.41, 5.74) is 3.22. The molecule has 0 radical (unpaired) electrons. The summed E-state index contributed by atoms with van der Waals surface area (Å²) in [4.78, 5) is 14.6. The summed E-state index contributed by atoms with van der Waals surface area (Å²) in [6.45, 7) is 14.4. The Hall–Kier alpha value is -6.65. The Bertz CT molecular complexity index is 4260. The smallest absolute Gasteiger partial charge is 0.294 e.